The first-order chi connectivity index (χ1) is 15.5. The van der Waals surface area contributed by atoms with E-state index in [9.17, 15) is 9.59 Å². The number of likely N-dealkylation sites (N-methyl/N-ethyl adjacent to an activating group) is 1. The van der Waals surface area contributed by atoms with Crippen LogP contribution in [0, 0.1) is 0 Å². The van der Waals surface area contributed by atoms with Gasteiger partial charge in [-0.25, -0.2) is 4.79 Å². The number of carbonyl (C=O) groups is 2. The first-order valence-electron chi connectivity index (χ1n) is 11.0. The summed E-state index contributed by atoms with van der Waals surface area (Å²) in [4.78, 5) is 28.6. The summed E-state index contributed by atoms with van der Waals surface area (Å²) in [6.45, 7) is 4.10. The number of allylic oxidation sites excluding steroid dienone is 1. The zero-order valence-electron chi connectivity index (χ0n) is 18.8. The van der Waals surface area contributed by atoms with E-state index in [1.165, 1.54) is 18.2 Å². The molecule has 2 amide bonds. The first kappa shape index (κ1) is 22.4. The fourth-order valence-electron chi connectivity index (χ4n) is 4.14. The quantitative estimate of drug-likeness (QED) is 0.503. The van der Waals surface area contributed by atoms with Crippen molar-refractivity contribution in [3.05, 3.63) is 52.5 Å². The molecule has 3 aliphatic rings. The van der Waals surface area contributed by atoms with E-state index >= 15 is 0 Å². The molecule has 0 spiro atoms. The lowest BCUT2D eigenvalue weighted by atomic mass is 10.0. The van der Waals surface area contributed by atoms with Gasteiger partial charge in [0.2, 0.25) is 5.71 Å². The molecule has 0 radical (unpaired) electrons. The molecule has 2 aliphatic heterocycles. The number of fused-ring (bicyclic) bond motifs is 1. The lowest BCUT2D eigenvalue weighted by molar-refractivity contribution is -0.413. The lowest BCUT2D eigenvalue weighted by Crippen LogP contribution is -2.39. The third-order valence-electron chi connectivity index (χ3n) is 5.88. The lowest BCUT2D eigenvalue weighted by Gasteiger charge is -2.28. The van der Waals surface area contributed by atoms with Crippen LogP contribution in [0.2, 0.25) is 0 Å². The van der Waals surface area contributed by atoms with Gasteiger partial charge < -0.3 is 14.4 Å². The van der Waals surface area contributed by atoms with Crippen LogP contribution in [0.3, 0.4) is 0 Å². The molecule has 4 rings (SSSR count). The Morgan fingerprint density at radius 1 is 1.25 bits per heavy atom. The SMILES string of the molecule is CCOc1ccc(/C=C2/SC3C=CC(C(=O)N4CCCCC4)=CC3=[N+](C)C2=O)cc1OC. The number of piperidine rings is 1. The van der Waals surface area contributed by atoms with E-state index in [-0.39, 0.29) is 17.1 Å². The molecule has 1 aliphatic carbocycles. The summed E-state index contributed by atoms with van der Waals surface area (Å²) >= 11 is 1.50. The summed E-state index contributed by atoms with van der Waals surface area (Å²) in [6.07, 6.45) is 11.0. The Kier molecular flexibility index (Phi) is 6.84. The molecule has 2 heterocycles. The average Bonchev–Trinajstić information content (AvgIpc) is 2.83. The van der Waals surface area contributed by atoms with E-state index in [0.717, 1.165) is 37.2 Å². The van der Waals surface area contributed by atoms with Crippen LogP contribution in [0.15, 0.2) is 46.9 Å². The van der Waals surface area contributed by atoms with Crippen LogP contribution in [-0.2, 0) is 9.59 Å². The second-order valence-electron chi connectivity index (χ2n) is 7.99. The Morgan fingerprint density at radius 2 is 2.03 bits per heavy atom. The third-order valence-corrected chi connectivity index (χ3v) is 7.08. The van der Waals surface area contributed by atoms with E-state index in [2.05, 4.69) is 0 Å². The fourth-order valence-corrected chi connectivity index (χ4v) is 5.36. The van der Waals surface area contributed by atoms with E-state index in [0.29, 0.717) is 28.6 Å². The summed E-state index contributed by atoms with van der Waals surface area (Å²) in [6, 6.07) is 5.65. The van der Waals surface area contributed by atoms with E-state index in [1.807, 2.05) is 54.3 Å². The van der Waals surface area contributed by atoms with Crippen molar-refractivity contribution in [2.75, 3.05) is 33.9 Å². The minimum atomic E-state index is -0.0783. The smallest absolute Gasteiger partial charge is 0.425 e. The van der Waals surface area contributed by atoms with Crippen molar-refractivity contribution in [2.24, 2.45) is 0 Å². The van der Waals surface area contributed by atoms with Gasteiger partial charge in [-0.1, -0.05) is 30.0 Å². The topological polar surface area (TPSA) is 58.8 Å². The summed E-state index contributed by atoms with van der Waals surface area (Å²) in [5.74, 6) is 1.29. The molecule has 168 valence electrons. The van der Waals surface area contributed by atoms with Crippen LogP contribution < -0.4 is 9.47 Å². The van der Waals surface area contributed by atoms with Crippen molar-refractivity contribution in [2.45, 2.75) is 31.4 Å². The third kappa shape index (κ3) is 4.53. The molecular weight excluding hydrogens is 424 g/mol. The number of likely N-dealkylation sites (tertiary alicyclic amines) is 1. The van der Waals surface area contributed by atoms with Crippen molar-refractivity contribution in [1.29, 1.82) is 0 Å². The van der Waals surface area contributed by atoms with Gasteiger partial charge in [0, 0.05) is 24.7 Å². The van der Waals surface area contributed by atoms with Crippen LogP contribution in [0.5, 0.6) is 11.5 Å². The van der Waals surface area contributed by atoms with Gasteiger partial charge in [-0.15, -0.1) is 0 Å². The van der Waals surface area contributed by atoms with Gasteiger partial charge in [-0.2, -0.15) is 4.58 Å². The van der Waals surface area contributed by atoms with Gasteiger partial charge in [-0.3, -0.25) is 4.79 Å². The highest BCUT2D eigenvalue weighted by Crippen LogP contribution is 2.35. The number of ether oxygens (including phenoxy) is 2. The molecule has 0 aromatic heterocycles. The standard InChI is InChI=1S/C25H29N2O4S/c1-4-31-20-10-8-17(14-21(20)30-3)15-23-25(29)26(2)19-16-18(9-11-22(19)32-23)24(28)27-12-6-5-7-13-27/h8-11,14-16,22H,4-7,12-13H2,1-3H3/q+1/b23-15+. The number of rotatable bonds is 5. The Morgan fingerprint density at radius 3 is 2.75 bits per heavy atom. The minimum absolute atomic E-state index is 0.00792. The van der Waals surface area contributed by atoms with Crippen LogP contribution in [0.25, 0.3) is 6.08 Å². The number of amides is 2. The molecule has 1 atom stereocenters. The Hall–Kier alpha value is -2.80. The molecule has 6 nitrogen and oxygen atoms in total. The largest absolute Gasteiger partial charge is 0.493 e. The van der Waals surface area contributed by atoms with Crippen LogP contribution in [0.4, 0.5) is 0 Å². The summed E-state index contributed by atoms with van der Waals surface area (Å²) in [5.41, 5.74) is 2.38. The highest BCUT2D eigenvalue weighted by Gasteiger charge is 2.38. The molecule has 0 saturated carbocycles. The van der Waals surface area contributed by atoms with Crippen molar-refractivity contribution in [3.8, 4) is 11.5 Å². The Bertz CT molecular complexity index is 1050. The summed E-state index contributed by atoms with van der Waals surface area (Å²) in [5, 5.41) is -0.00792. The summed E-state index contributed by atoms with van der Waals surface area (Å²) < 4.78 is 12.7. The van der Waals surface area contributed by atoms with Gasteiger partial charge >= 0.3 is 5.91 Å². The fraction of sp³-hybridized carbons (Fsp3) is 0.400. The highest BCUT2D eigenvalue weighted by molar-refractivity contribution is 8.05. The van der Waals surface area contributed by atoms with Crippen molar-refractivity contribution < 1.29 is 23.6 Å². The van der Waals surface area contributed by atoms with Crippen LogP contribution >= 0.6 is 11.8 Å². The number of benzene rings is 1. The number of hydrogen-bond acceptors (Lipinski definition) is 5. The number of thioether (sulfide) groups is 1. The van der Waals surface area contributed by atoms with Gasteiger partial charge in [0.15, 0.2) is 11.5 Å². The van der Waals surface area contributed by atoms with Crippen LogP contribution in [-0.4, -0.2) is 66.1 Å². The number of nitrogens with zero attached hydrogens (tertiary/aromatic N) is 2. The molecular formula is C25H29N2O4S+. The van der Waals surface area contributed by atoms with Crippen molar-refractivity contribution in [3.63, 3.8) is 0 Å². The second-order valence-corrected chi connectivity index (χ2v) is 9.17. The average molecular weight is 454 g/mol. The highest BCUT2D eigenvalue weighted by atomic mass is 32.2. The maximum atomic E-state index is 13.1. The Labute approximate surface area is 193 Å². The second kappa shape index (κ2) is 9.77. The number of carbonyl (C=O) groups excluding carboxylic acids is 2. The van der Waals surface area contributed by atoms with Crippen LogP contribution in [0.1, 0.15) is 31.7 Å². The molecule has 0 N–H and O–H groups in total. The molecule has 1 fully saturated rings. The molecule has 7 heteroatoms. The molecule has 1 saturated heterocycles. The molecule has 0 bridgehead atoms. The number of hydrogen-bond donors (Lipinski definition) is 0. The predicted molar refractivity (Wildman–Crippen MR) is 127 cm³/mol. The molecule has 1 unspecified atom stereocenters. The number of methoxy groups -OCH3 is 1. The van der Waals surface area contributed by atoms with E-state index in [4.69, 9.17) is 9.47 Å². The predicted octanol–water partition coefficient (Wildman–Crippen LogP) is 3.67. The van der Waals surface area contributed by atoms with Gasteiger partial charge in [-0.05, 0) is 50.0 Å². The maximum absolute atomic E-state index is 13.1. The normalized spacial score (nSPS) is 22.0. The first-order valence-corrected chi connectivity index (χ1v) is 11.9. The Balaban J connectivity index is 1.59. The van der Waals surface area contributed by atoms with Gasteiger partial charge in [0.05, 0.1) is 13.7 Å². The molecule has 1 aromatic rings. The minimum Gasteiger partial charge on any atom is -0.493 e. The maximum Gasteiger partial charge on any atom is 0.425 e. The van der Waals surface area contributed by atoms with E-state index in [1.54, 1.807) is 18.7 Å². The molecule has 32 heavy (non-hydrogen) atoms. The van der Waals surface area contributed by atoms with Crippen molar-refractivity contribution in [1.82, 2.24) is 4.90 Å². The summed E-state index contributed by atoms with van der Waals surface area (Å²) in [7, 11) is 3.38. The zero-order valence-corrected chi connectivity index (χ0v) is 19.6. The van der Waals surface area contributed by atoms with Gasteiger partial charge in [0.25, 0.3) is 5.91 Å². The van der Waals surface area contributed by atoms with Crippen molar-refractivity contribution >= 4 is 35.4 Å². The monoisotopic (exact) mass is 453 g/mol. The van der Waals surface area contributed by atoms with Gasteiger partial charge in [0.1, 0.15) is 17.2 Å². The molecule has 1 aromatic carbocycles. The van der Waals surface area contributed by atoms with E-state index < -0.39 is 0 Å². The zero-order chi connectivity index (χ0) is 22.7.